The van der Waals surface area contributed by atoms with Gasteiger partial charge in [-0.15, -0.1) is 0 Å². The molecule has 164 valence electrons. The van der Waals surface area contributed by atoms with Crippen LogP contribution in [-0.4, -0.2) is 39.8 Å². The van der Waals surface area contributed by atoms with Crippen molar-refractivity contribution >= 4 is 17.7 Å². The largest absolute Gasteiger partial charge is 0.344 e. The molecule has 1 aliphatic heterocycles. The molecule has 6 nitrogen and oxygen atoms in total. The number of hydrogen-bond acceptors (Lipinski definition) is 3. The quantitative estimate of drug-likeness (QED) is 0.436. The summed E-state index contributed by atoms with van der Waals surface area (Å²) in [5, 5.41) is 2.72. The van der Waals surface area contributed by atoms with Gasteiger partial charge in [-0.3, -0.25) is 14.5 Å². The Morgan fingerprint density at radius 3 is 2.22 bits per heavy atom. The topological polar surface area (TPSA) is 71.4 Å². The molecule has 2 aromatic carbocycles. The minimum absolute atomic E-state index is 0.232. The third-order valence-corrected chi connectivity index (χ3v) is 6.03. The number of rotatable bonds is 8. The average Bonchev–Trinajstić information content (AvgIpc) is 3.23. The van der Waals surface area contributed by atoms with Crippen molar-refractivity contribution in [2.24, 2.45) is 0 Å². The lowest BCUT2D eigenvalue weighted by atomic mass is 10.1. The molecule has 6 heteroatoms. The summed E-state index contributed by atoms with van der Waals surface area (Å²) in [5.74, 6) is -0.568. The number of aryl methyl sites for hydroxylation is 2. The van der Waals surface area contributed by atoms with E-state index in [0.717, 1.165) is 27.4 Å². The smallest absolute Gasteiger partial charge is 0.325 e. The number of carbonyl (C=O) groups excluding carboxylic acids is 3. The summed E-state index contributed by atoms with van der Waals surface area (Å²) in [6.07, 6.45) is 1.19. The molecule has 0 spiro atoms. The number of amides is 3. The second-order valence-corrected chi connectivity index (χ2v) is 8.23. The molecule has 3 aromatic rings. The number of ketones is 1. The van der Waals surface area contributed by atoms with E-state index in [2.05, 4.69) is 9.88 Å². The maximum absolute atomic E-state index is 13.0. The van der Waals surface area contributed by atoms with Gasteiger partial charge in [0.1, 0.15) is 6.04 Å². The van der Waals surface area contributed by atoms with E-state index in [0.29, 0.717) is 24.9 Å². The first-order valence-electron chi connectivity index (χ1n) is 10.8. The first-order chi connectivity index (χ1) is 15.4. The van der Waals surface area contributed by atoms with Gasteiger partial charge in [0.25, 0.3) is 5.91 Å². The molecule has 2 heterocycles. The van der Waals surface area contributed by atoms with Gasteiger partial charge in [0.2, 0.25) is 0 Å². The Bertz CT molecular complexity index is 1140. The van der Waals surface area contributed by atoms with Gasteiger partial charge in [0.15, 0.2) is 5.78 Å². The van der Waals surface area contributed by atoms with Crippen molar-refractivity contribution in [2.45, 2.75) is 39.3 Å². The summed E-state index contributed by atoms with van der Waals surface area (Å²) in [6.45, 7) is 4.27. The number of nitrogens with one attached hydrogen (secondary N) is 1. The van der Waals surface area contributed by atoms with Crippen molar-refractivity contribution in [1.29, 1.82) is 0 Å². The molecule has 1 N–H and O–H groups in total. The zero-order valence-corrected chi connectivity index (χ0v) is 18.4. The first-order valence-corrected chi connectivity index (χ1v) is 10.8. The van der Waals surface area contributed by atoms with Crippen molar-refractivity contribution in [3.05, 3.63) is 94.8 Å². The molecular formula is C26H27N3O3. The van der Waals surface area contributed by atoms with E-state index in [1.807, 2.05) is 80.6 Å². The van der Waals surface area contributed by atoms with Crippen molar-refractivity contribution in [2.75, 3.05) is 6.54 Å². The molecular weight excluding hydrogens is 402 g/mol. The van der Waals surface area contributed by atoms with Crippen LogP contribution < -0.4 is 5.32 Å². The predicted molar refractivity (Wildman–Crippen MR) is 123 cm³/mol. The Balaban J connectivity index is 1.43. The van der Waals surface area contributed by atoms with Crippen LogP contribution in [0.1, 0.15) is 39.3 Å². The lowest BCUT2D eigenvalue weighted by molar-refractivity contribution is -0.127. The van der Waals surface area contributed by atoms with E-state index >= 15 is 0 Å². The monoisotopic (exact) mass is 429 g/mol. The average molecular weight is 430 g/mol. The number of hydrogen-bond donors (Lipinski definition) is 1. The fourth-order valence-electron chi connectivity index (χ4n) is 4.20. The second kappa shape index (κ2) is 9.22. The summed E-state index contributed by atoms with van der Waals surface area (Å²) in [7, 11) is 0. The number of urea groups is 1. The summed E-state index contributed by atoms with van der Waals surface area (Å²) in [6, 6.07) is 20.6. The van der Waals surface area contributed by atoms with E-state index in [4.69, 9.17) is 0 Å². The van der Waals surface area contributed by atoms with Crippen LogP contribution in [0.3, 0.4) is 0 Å². The maximum atomic E-state index is 13.0. The van der Waals surface area contributed by atoms with E-state index < -0.39 is 12.1 Å². The van der Waals surface area contributed by atoms with Crippen LogP contribution in [0.15, 0.2) is 66.7 Å². The fraction of sp³-hybridized carbons (Fsp3) is 0.269. The minimum Gasteiger partial charge on any atom is -0.344 e. The second-order valence-electron chi connectivity index (χ2n) is 8.23. The molecule has 0 radical (unpaired) electrons. The van der Waals surface area contributed by atoms with Gasteiger partial charge in [0, 0.05) is 23.5 Å². The van der Waals surface area contributed by atoms with E-state index in [-0.39, 0.29) is 18.2 Å². The SMILES string of the molecule is Cc1cc(C(=O)CN2C(=O)N[C@@H](CCc3ccccc3)C2=O)c(C)n1Cc1ccccc1. The molecule has 1 aliphatic rings. The molecule has 1 atom stereocenters. The van der Waals surface area contributed by atoms with Crippen molar-refractivity contribution in [3.8, 4) is 0 Å². The zero-order chi connectivity index (χ0) is 22.7. The summed E-state index contributed by atoms with van der Waals surface area (Å²) in [4.78, 5) is 39.3. The van der Waals surface area contributed by atoms with Crippen LogP contribution in [0.5, 0.6) is 0 Å². The minimum atomic E-state index is -0.596. The number of carbonyl (C=O) groups is 3. The van der Waals surface area contributed by atoms with Gasteiger partial charge in [-0.1, -0.05) is 60.7 Å². The van der Waals surface area contributed by atoms with Gasteiger partial charge in [-0.2, -0.15) is 0 Å². The Morgan fingerprint density at radius 1 is 0.938 bits per heavy atom. The number of benzene rings is 2. The molecule has 0 bridgehead atoms. The Morgan fingerprint density at radius 2 is 1.56 bits per heavy atom. The first kappa shape index (κ1) is 21.6. The summed E-state index contributed by atoms with van der Waals surface area (Å²) < 4.78 is 2.08. The highest BCUT2D eigenvalue weighted by Gasteiger charge is 2.39. The van der Waals surface area contributed by atoms with E-state index in [1.165, 1.54) is 0 Å². The molecule has 4 rings (SSSR count). The number of imide groups is 1. The van der Waals surface area contributed by atoms with Crippen LogP contribution in [0.2, 0.25) is 0 Å². The van der Waals surface area contributed by atoms with Crippen molar-refractivity contribution < 1.29 is 14.4 Å². The molecule has 0 aliphatic carbocycles. The van der Waals surface area contributed by atoms with Gasteiger partial charge in [-0.25, -0.2) is 4.79 Å². The standard InChI is InChI=1S/C26H27N3O3/c1-18-15-22(19(2)28(18)16-21-11-7-4-8-12-21)24(30)17-29-25(31)23(27-26(29)32)14-13-20-9-5-3-6-10-20/h3-12,15,23H,13-14,16-17H2,1-2H3,(H,27,32)/t23-/m0/s1. The van der Waals surface area contributed by atoms with Crippen LogP contribution in [-0.2, 0) is 17.8 Å². The zero-order valence-electron chi connectivity index (χ0n) is 18.4. The Labute approximate surface area is 187 Å². The highest BCUT2D eigenvalue weighted by molar-refractivity contribution is 6.09. The normalized spacial score (nSPS) is 15.8. The Kier molecular flexibility index (Phi) is 6.21. The molecule has 3 amide bonds. The number of aromatic nitrogens is 1. The third kappa shape index (κ3) is 4.49. The van der Waals surface area contributed by atoms with Gasteiger partial charge in [0.05, 0.1) is 6.54 Å². The van der Waals surface area contributed by atoms with Gasteiger partial charge >= 0.3 is 6.03 Å². The van der Waals surface area contributed by atoms with Crippen molar-refractivity contribution in [3.63, 3.8) is 0 Å². The third-order valence-electron chi connectivity index (χ3n) is 6.03. The molecule has 0 unspecified atom stereocenters. The molecule has 32 heavy (non-hydrogen) atoms. The van der Waals surface area contributed by atoms with Gasteiger partial charge < -0.3 is 9.88 Å². The molecule has 1 aromatic heterocycles. The lowest BCUT2D eigenvalue weighted by Crippen LogP contribution is -2.36. The van der Waals surface area contributed by atoms with Crippen LogP contribution in [0.4, 0.5) is 4.79 Å². The maximum Gasteiger partial charge on any atom is 0.325 e. The highest BCUT2D eigenvalue weighted by Crippen LogP contribution is 2.20. The van der Waals surface area contributed by atoms with Crippen LogP contribution >= 0.6 is 0 Å². The van der Waals surface area contributed by atoms with Crippen molar-refractivity contribution in [1.82, 2.24) is 14.8 Å². The summed E-state index contributed by atoms with van der Waals surface area (Å²) in [5.41, 5.74) is 4.60. The van der Waals surface area contributed by atoms with Gasteiger partial charge in [-0.05, 0) is 43.9 Å². The summed E-state index contributed by atoms with van der Waals surface area (Å²) >= 11 is 0. The van der Waals surface area contributed by atoms with E-state index in [1.54, 1.807) is 0 Å². The van der Waals surface area contributed by atoms with E-state index in [9.17, 15) is 14.4 Å². The van der Waals surface area contributed by atoms with Crippen LogP contribution in [0, 0.1) is 13.8 Å². The van der Waals surface area contributed by atoms with Crippen LogP contribution in [0.25, 0.3) is 0 Å². The lowest BCUT2D eigenvalue weighted by Gasteiger charge is -2.13. The predicted octanol–water partition coefficient (Wildman–Crippen LogP) is 3.89. The Hall–Kier alpha value is -3.67. The molecule has 1 fully saturated rings. The highest BCUT2D eigenvalue weighted by atomic mass is 16.2. The molecule has 1 saturated heterocycles. The number of Topliss-reactive ketones (excluding diaryl/α,β-unsaturated/α-hetero) is 1. The molecule has 0 saturated carbocycles. The fourth-order valence-corrected chi connectivity index (χ4v) is 4.20. The number of nitrogens with zero attached hydrogens (tertiary/aromatic N) is 2.